The topological polar surface area (TPSA) is 21.3 Å². The number of hydrogen-bond acceptors (Lipinski definition) is 3. The van der Waals surface area contributed by atoms with E-state index < -0.39 is 0 Å². The fraction of sp³-hybridized carbons (Fsp3) is 0.286. The summed E-state index contributed by atoms with van der Waals surface area (Å²) in [7, 11) is 1.95. The van der Waals surface area contributed by atoms with Gasteiger partial charge in [0.2, 0.25) is 0 Å². The van der Waals surface area contributed by atoms with Crippen LogP contribution in [0.25, 0.3) is 0 Å². The third-order valence-corrected chi connectivity index (χ3v) is 4.20. The van der Waals surface area contributed by atoms with E-state index in [1.165, 1.54) is 4.88 Å². The minimum absolute atomic E-state index is 0.251. The lowest BCUT2D eigenvalue weighted by Gasteiger charge is -2.15. The highest BCUT2D eigenvalue weighted by Gasteiger charge is 2.14. The van der Waals surface area contributed by atoms with Gasteiger partial charge in [0.15, 0.2) is 0 Å². The van der Waals surface area contributed by atoms with E-state index in [1.807, 2.05) is 48.8 Å². The molecule has 1 heterocycles. The third-order valence-electron chi connectivity index (χ3n) is 2.73. The molecule has 0 aliphatic rings. The summed E-state index contributed by atoms with van der Waals surface area (Å²) in [5, 5.41) is 6.12. The quantitative estimate of drug-likeness (QED) is 0.859. The Morgan fingerprint density at radius 2 is 2.06 bits per heavy atom. The first-order chi connectivity index (χ1) is 8.81. The number of ether oxygens (including phenoxy) is 1. The van der Waals surface area contributed by atoms with Crippen LogP contribution in [0.3, 0.4) is 0 Å². The van der Waals surface area contributed by atoms with E-state index >= 15 is 0 Å². The highest BCUT2D eigenvalue weighted by Crippen LogP contribution is 2.30. The lowest BCUT2D eigenvalue weighted by Crippen LogP contribution is -2.18. The number of thiophene rings is 1. The molecule has 2 rings (SSSR count). The van der Waals surface area contributed by atoms with Crippen LogP contribution in [0, 0.1) is 0 Å². The van der Waals surface area contributed by atoms with E-state index in [0.717, 1.165) is 17.2 Å². The second-order valence-electron chi connectivity index (χ2n) is 3.92. The number of benzene rings is 1. The summed E-state index contributed by atoms with van der Waals surface area (Å²) < 4.78 is 5.70. The second kappa shape index (κ2) is 6.78. The predicted molar refractivity (Wildman–Crippen MR) is 77.7 cm³/mol. The molecule has 1 atom stereocenters. The molecule has 1 aromatic carbocycles. The molecule has 0 aliphatic heterocycles. The van der Waals surface area contributed by atoms with Crippen LogP contribution >= 0.6 is 22.9 Å². The van der Waals surface area contributed by atoms with Crippen LogP contribution in [0.1, 0.15) is 17.3 Å². The molecule has 2 aromatic rings. The van der Waals surface area contributed by atoms with Crippen LogP contribution in [0.2, 0.25) is 5.02 Å². The van der Waals surface area contributed by atoms with Crippen molar-refractivity contribution in [1.29, 1.82) is 0 Å². The van der Waals surface area contributed by atoms with Gasteiger partial charge in [0.25, 0.3) is 0 Å². The maximum atomic E-state index is 6.14. The molecule has 0 saturated heterocycles. The minimum atomic E-state index is 0.251. The maximum Gasteiger partial charge on any atom is 0.119 e. The summed E-state index contributed by atoms with van der Waals surface area (Å²) in [6.45, 7) is 0.670. The van der Waals surface area contributed by atoms with E-state index in [9.17, 15) is 0 Å². The summed E-state index contributed by atoms with van der Waals surface area (Å²) >= 11 is 7.82. The summed E-state index contributed by atoms with van der Waals surface area (Å²) in [6.07, 6.45) is 0.894. The molecule has 0 bridgehead atoms. The van der Waals surface area contributed by atoms with Gasteiger partial charge in [-0.15, -0.1) is 11.3 Å². The van der Waals surface area contributed by atoms with Crippen molar-refractivity contribution in [3.05, 3.63) is 51.7 Å². The van der Waals surface area contributed by atoms with Crippen LogP contribution in [0.15, 0.2) is 41.8 Å². The fourth-order valence-corrected chi connectivity index (χ4v) is 3.11. The molecular formula is C14H16ClNOS. The van der Waals surface area contributed by atoms with Gasteiger partial charge in [0.1, 0.15) is 5.75 Å². The third kappa shape index (κ3) is 3.48. The normalized spacial score (nSPS) is 12.3. The number of rotatable bonds is 6. The molecule has 4 heteroatoms. The van der Waals surface area contributed by atoms with Crippen molar-refractivity contribution in [1.82, 2.24) is 5.32 Å². The molecule has 2 nitrogen and oxygen atoms in total. The minimum Gasteiger partial charge on any atom is -0.494 e. The zero-order valence-electron chi connectivity index (χ0n) is 10.2. The molecule has 1 aromatic heterocycles. The number of para-hydroxylation sites is 1. The lowest BCUT2D eigenvalue weighted by molar-refractivity contribution is 0.291. The molecule has 0 amide bonds. The molecule has 96 valence electrons. The Morgan fingerprint density at radius 3 is 2.67 bits per heavy atom. The standard InChI is InChI=1S/C14H16ClNOS/c1-16-13(14-12(15)8-10-18-14)7-9-17-11-5-3-2-4-6-11/h2-6,8,10,13,16H,7,9H2,1H3. The van der Waals surface area contributed by atoms with Crippen LogP contribution in [0.4, 0.5) is 0 Å². The molecule has 18 heavy (non-hydrogen) atoms. The van der Waals surface area contributed by atoms with Crippen LogP contribution < -0.4 is 10.1 Å². The predicted octanol–water partition coefficient (Wildman–Crippen LogP) is 4.13. The SMILES string of the molecule is CNC(CCOc1ccccc1)c1sccc1Cl. The van der Waals surface area contributed by atoms with Crippen LogP contribution in [0.5, 0.6) is 5.75 Å². The van der Waals surface area contributed by atoms with Gasteiger partial charge in [0.05, 0.1) is 11.6 Å². The van der Waals surface area contributed by atoms with Crippen molar-refractivity contribution in [2.24, 2.45) is 0 Å². The average molecular weight is 282 g/mol. The van der Waals surface area contributed by atoms with Crippen molar-refractivity contribution < 1.29 is 4.74 Å². The molecule has 0 fully saturated rings. The Morgan fingerprint density at radius 1 is 1.28 bits per heavy atom. The Labute approximate surface area is 117 Å². The molecule has 0 spiro atoms. The number of hydrogen-bond donors (Lipinski definition) is 1. The molecule has 0 radical (unpaired) electrons. The van der Waals surface area contributed by atoms with Crippen molar-refractivity contribution in [2.75, 3.05) is 13.7 Å². The molecule has 0 aliphatic carbocycles. The van der Waals surface area contributed by atoms with Crippen molar-refractivity contribution in [3.63, 3.8) is 0 Å². The van der Waals surface area contributed by atoms with E-state index in [2.05, 4.69) is 5.32 Å². The van der Waals surface area contributed by atoms with Crippen molar-refractivity contribution >= 4 is 22.9 Å². The monoisotopic (exact) mass is 281 g/mol. The van der Waals surface area contributed by atoms with Gasteiger partial charge in [-0.2, -0.15) is 0 Å². The zero-order valence-corrected chi connectivity index (χ0v) is 11.8. The van der Waals surface area contributed by atoms with E-state index in [-0.39, 0.29) is 6.04 Å². The van der Waals surface area contributed by atoms with Crippen LogP contribution in [-0.2, 0) is 0 Å². The summed E-state index contributed by atoms with van der Waals surface area (Å²) in [4.78, 5) is 1.18. The molecule has 0 saturated carbocycles. The smallest absolute Gasteiger partial charge is 0.119 e. The van der Waals surface area contributed by atoms with Crippen molar-refractivity contribution in [2.45, 2.75) is 12.5 Å². The molecular weight excluding hydrogens is 266 g/mol. The molecule has 1 N–H and O–H groups in total. The van der Waals surface area contributed by atoms with Gasteiger partial charge < -0.3 is 10.1 Å². The Hall–Kier alpha value is -1.03. The van der Waals surface area contributed by atoms with Gasteiger partial charge in [-0.3, -0.25) is 0 Å². The first-order valence-corrected chi connectivity index (χ1v) is 7.15. The van der Waals surface area contributed by atoms with Gasteiger partial charge >= 0.3 is 0 Å². The second-order valence-corrected chi connectivity index (χ2v) is 5.28. The lowest BCUT2D eigenvalue weighted by atomic mass is 10.2. The molecule has 1 unspecified atom stereocenters. The zero-order chi connectivity index (χ0) is 12.8. The average Bonchev–Trinajstić information content (AvgIpc) is 2.82. The Bertz CT molecular complexity index is 472. The number of nitrogens with one attached hydrogen (secondary N) is 1. The maximum absolute atomic E-state index is 6.14. The largest absolute Gasteiger partial charge is 0.494 e. The Balaban J connectivity index is 1.87. The fourth-order valence-electron chi connectivity index (χ4n) is 1.77. The Kier molecular flexibility index (Phi) is 5.05. The first kappa shape index (κ1) is 13.4. The first-order valence-electron chi connectivity index (χ1n) is 5.89. The van der Waals surface area contributed by atoms with Gasteiger partial charge in [0, 0.05) is 17.3 Å². The summed E-state index contributed by atoms with van der Waals surface area (Å²) in [5.41, 5.74) is 0. The van der Waals surface area contributed by atoms with E-state index in [4.69, 9.17) is 16.3 Å². The van der Waals surface area contributed by atoms with E-state index in [1.54, 1.807) is 11.3 Å². The van der Waals surface area contributed by atoms with E-state index in [0.29, 0.717) is 6.61 Å². The summed E-state index contributed by atoms with van der Waals surface area (Å²) in [6, 6.07) is 12.0. The number of halogens is 1. The van der Waals surface area contributed by atoms with Gasteiger partial charge in [-0.1, -0.05) is 29.8 Å². The van der Waals surface area contributed by atoms with Crippen molar-refractivity contribution in [3.8, 4) is 5.75 Å². The van der Waals surface area contributed by atoms with Gasteiger partial charge in [-0.05, 0) is 30.6 Å². The highest BCUT2D eigenvalue weighted by atomic mass is 35.5. The highest BCUT2D eigenvalue weighted by molar-refractivity contribution is 7.10. The van der Waals surface area contributed by atoms with Gasteiger partial charge in [-0.25, -0.2) is 0 Å². The van der Waals surface area contributed by atoms with Crippen LogP contribution in [-0.4, -0.2) is 13.7 Å². The summed E-state index contributed by atoms with van der Waals surface area (Å²) in [5.74, 6) is 0.907.